The van der Waals surface area contributed by atoms with Crippen molar-refractivity contribution in [2.24, 2.45) is 7.05 Å². The molecule has 22 heavy (non-hydrogen) atoms. The maximum Gasteiger partial charge on any atom is 0.265 e. The van der Waals surface area contributed by atoms with Gasteiger partial charge in [-0.05, 0) is 32.0 Å². The third-order valence-electron chi connectivity index (χ3n) is 3.46. The fourth-order valence-corrected chi connectivity index (χ4v) is 3.95. The minimum Gasteiger partial charge on any atom is -0.441 e. The molecule has 3 aromatic rings. The molecule has 116 valence electrons. The van der Waals surface area contributed by atoms with Crippen molar-refractivity contribution < 1.29 is 12.8 Å². The zero-order chi connectivity index (χ0) is 16.1. The first-order chi connectivity index (χ1) is 10.3. The molecule has 0 saturated heterocycles. The van der Waals surface area contributed by atoms with Gasteiger partial charge in [-0.2, -0.15) is 5.10 Å². The van der Waals surface area contributed by atoms with Gasteiger partial charge < -0.3 is 4.42 Å². The topological polar surface area (TPSA) is 90.0 Å². The highest BCUT2D eigenvalue weighted by molar-refractivity contribution is 7.92. The highest BCUT2D eigenvalue weighted by atomic mass is 32.2. The van der Waals surface area contributed by atoms with Crippen LogP contribution in [0.1, 0.15) is 17.3 Å². The van der Waals surface area contributed by atoms with Gasteiger partial charge in [0.25, 0.3) is 10.0 Å². The lowest BCUT2D eigenvalue weighted by atomic mass is 10.3. The van der Waals surface area contributed by atoms with Gasteiger partial charge in [-0.15, -0.1) is 0 Å². The van der Waals surface area contributed by atoms with Crippen LogP contribution in [0.15, 0.2) is 27.5 Å². The van der Waals surface area contributed by atoms with Crippen LogP contribution in [0.5, 0.6) is 0 Å². The molecule has 0 aliphatic rings. The minimum atomic E-state index is -3.71. The predicted octanol–water partition coefficient (Wildman–Crippen LogP) is 2.29. The number of nitrogens with zero attached hydrogens (tertiary/aromatic N) is 3. The molecule has 1 N–H and O–H groups in total. The van der Waals surface area contributed by atoms with E-state index >= 15 is 0 Å². The second kappa shape index (κ2) is 4.84. The summed E-state index contributed by atoms with van der Waals surface area (Å²) in [6, 6.07) is 4.98. The van der Waals surface area contributed by atoms with E-state index in [-0.39, 0.29) is 4.90 Å². The van der Waals surface area contributed by atoms with Crippen LogP contribution in [-0.2, 0) is 17.1 Å². The van der Waals surface area contributed by atoms with E-state index in [1.165, 1.54) is 0 Å². The summed E-state index contributed by atoms with van der Waals surface area (Å²) in [7, 11) is -1.99. The molecule has 7 nitrogen and oxygen atoms in total. The third kappa shape index (κ3) is 2.35. The first kappa shape index (κ1) is 14.6. The molecule has 0 amide bonds. The van der Waals surface area contributed by atoms with Gasteiger partial charge in [0.15, 0.2) is 11.5 Å². The normalized spacial score (nSPS) is 12.0. The highest BCUT2D eigenvalue weighted by Crippen LogP contribution is 2.24. The predicted molar refractivity (Wildman–Crippen MR) is 82.2 cm³/mol. The molecular formula is C14H16N4O3S. The van der Waals surface area contributed by atoms with Gasteiger partial charge in [-0.3, -0.25) is 9.40 Å². The van der Waals surface area contributed by atoms with Crippen LogP contribution in [0, 0.1) is 20.8 Å². The number of hydrogen-bond acceptors (Lipinski definition) is 5. The first-order valence-electron chi connectivity index (χ1n) is 6.68. The average Bonchev–Trinajstić information content (AvgIpc) is 2.88. The van der Waals surface area contributed by atoms with Crippen LogP contribution in [-0.4, -0.2) is 23.2 Å². The number of anilines is 1. The highest BCUT2D eigenvalue weighted by Gasteiger charge is 2.24. The Morgan fingerprint density at radius 3 is 2.59 bits per heavy atom. The summed E-state index contributed by atoms with van der Waals surface area (Å²) in [5.41, 5.74) is 2.71. The Morgan fingerprint density at radius 1 is 1.23 bits per heavy atom. The summed E-state index contributed by atoms with van der Waals surface area (Å²) >= 11 is 0. The standard InChI is InChI=1S/C14H16N4O3S/c1-8-14(9(2)18(4)16-8)22(19,20)17-11-5-6-13-12(7-11)15-10(3)21-13/h5-7,17H,1-4H3. The number of benzene rings is 1. The van der Waals surface area contributed by atoms with Gasteiger partial charge in [0.1, 0.15) is 10.4 Å². The van der Waals surface area contributed by atoms with E-state index in [4.69, 9.17) is 4.42 Å². The molecule has 0 fully saturated rings. The van der Waals surface area contributed by atoms with Crippen molar-refractivity contribution in [3.8, 4) is 0 Å². The number of fused-ring (bicyclic) bond motifs is 1. The van der Waals surface area contributed by atoms with Gasteiger partial charge in [-0.25, -0.2) is 13.4 Å². The molecule has 1 aromatic carbocycles. The zero-order valence-electron chi connectivity index (χ0n) is 12.7. The van der Waals surface area contributed by atoms with E-state index < -0.39 is 10.0 Å². The minimum absolute atomic E-state index is 0.200. The van der Waals surface area contributed by atoms with Gasteiger partial charge in [-0.1, -0.05) is 0 Å². The smallest absolute Gasteiger partial charge is 0.265 e. The molecule has 8 heteroatoms. The Kier molecular flexibility index (Phi) is 3.21. The molecule has 2 aromatic heterocycles. The number of hydrogen-bond donors (Lipinski definition) is 1. The SMILES string of the molecule is Cc1nc2cc(NS(=O)(=O)c3c(C)nn(C)c3C)ccc2o1. The largest absolute Gasteiger partial charge is 0.441 e. The second-order valence-corrected chi connectivity index (χ2v) is 6.76. The maximum absolute atomic E-state index is 12.6. The van der Waals surface area contributed by atoms with Gasteiger partial charge in [0.05, 0.1) is 17.1 Å². The molecule has 0 atom stereocenters. The van der Waals surface area contributed by atoms with E-state index in [0.717, 1.165) is 0 Å². The Balaban J connectivity index is 2.02. The number of oxazole rings is 1. The number of rotatable bonds is 3. The Labute approximate surface area is 128 Å². The van der Waals surface area contributed by atoms with E-state index in [1.54, 1.807) is 50.7 Å². The van der Waals surface area contributed by atoms with Crippen LogP contribution in [0.4, 0.5) is 5.69 Å². The van der Waals surface area contributed by atoms with Crippen molar-refractivity contribution in [1.29, 1.82) is 0 Å². The quantitative estimate of drug-likeness (QED) is 0.799. The lowest BCUT2D eigenvalue weighted by Gasteiger charge is -2.08. The average molecular weight is 320 g/mol. The summed E-state index contributed by atoms with van der Waals surface area (Å²) in [6.45, 7) is 5.14. The Hall–Kier alpha value is -2.35. The van der Waals surface area contributed by atoms with E-state index in [0.29, 0.717) is 34.1 Å². The maximum atomic E-state index is 12.6. The summed E-state index contributed by atoms with van der Waals surface area (Å²) in [5.74, 6) is 0.536. The molecule has 0 aliphatic heterocycles. The summed E-state index contributed by atoms with van der Waals surface area (Å²) in [6.07, 6.45) is 0. The lowest BCUT2D eigenvalue weighted by molar-refractivity contribution is 0.561. The van der Waals surface area contributed by atoms with Gasteiger partial charge in [0, 0.05) is 14.0 Å². The van der Waals surface area contributed by atoms with Crippen molar-refractivity contribution in [2.45, 2.75) is 25.7 Å². The monoisotopic (exact) mass is 320 g/mol. The van der Waals surface area contributed by atoms with Crippen LogP contribution in [0.3, 0.4) is 0 Å². The van der Waals surface area contributed by atoms with Crippen molar-refractivity contribution >= 4 is 26.8 Å². The van der Waals surface area contributed by atoms with Crippen LogP contribution in [0.2, 0.25) is 0 Å². The second-order valence-electron chi connectivity index (χ2n) is 5.14. The van der Waals surface area contributed by atoms with Gasteiger partial charge >= 0.3 is 0 Å². The number of aromatic nitrogens is 3. The van der Waals surface area contributed by atoms with E-state index in [2.05, 4.69) is 14.8 Å². The molecule has 2 heterocycles. The van der Waals surface area contributed by atoms with Gasteiger partial charge in [0.2, 0.25) is 0 Å². The fourth-order valence-electron chi connectivity index (χ4n) is 2.46. The molecule has 0 saturated carbocycles. The number of sulfonamides is 1. The number of nitrogens with one attached hydrogen (secondary N) is 1. The van der Waals surface area contributed by atoms with Crippen LogP contribution in [0.25, 0.3) is 11.1 Å². The third-order valence-corrected chi connectivity index (χ3v) is 5.09. The summed E-state index contributed by atoms with van der Waals surface area (Å²) < 4.78 is 34.7. The van der Waals surface area contributed by atoms with Crippen LogP contribution >= 0.6 is 0 Å². The molecule has 3 rings (SSSR count). The Bertz CT molecular complexity index is 970. The molecule has 0 radical (unpaired) electrons. The summed E-state index contributed by atoms with van der Waals surface area (Å²) in [5, 5.41) is 4.14. The zero-order valence-corrected chi connectivity index (χ0v) is 13.5. The molecule has 0 spiro atoms. The fraction of sp³-hybridized carbons (Fsp3) is 0.286. The molecular weight excluding hydrogens is 304 g/mol. The molecule has 0 bridgehead atoms. The van der Waals surface area contributed by atoms with Crippen molar-refractivity contribution in [3.05, 3.63) is 35.5 Å². The Morgan fingerprint density at radius 2 is 1.95 bits per heavy atom. The van der Waals surface area contributed by atoms with Crippen molar-refractivity contribution in [3.63, 3.8) is 0 Å². The molecule has 0 aliphatic carbocycles. The van der Waals surface area contributed by atoms with Crippen LogP contribution < -0.4 is 4.72 Å². The molecule has 0 unspecified atom stereocenters. The van der Waals surface area contributed by atoms with E-state index in [1.807, 2.05) is 0 Å². The van der Waals surface area contributed by atoms with E-state index in [9.17, 15) is 8.42 Å². The lowest BCUT2D eigenvalue weighted by Crippen LogP contribution is -2.14. The first-order valence-corrected chi connectivity index (χ1v) is 8.16. The van der Waals surface area contributed by atoms with Crippen molar-refractivity contribution in [2.75, 3.05) is 4.72 Å². The number of aryl methyl sites for hydroxylation is 3. The van der Waals surface area contributed by atoms with Crippen molar-refractivity contribution in [1.82, 2.24) is 14.8 Å². The summed E-state index contributed by atoms with van der Waals surface area (Å²) in [4.78, 5) is 4.40.